The van der Waals surface area contributed by atoms with Crippen molar-refractivity contribution in [1.82, 2.24) is 5.32 Å². The molecular formula is C12H16ClN3O. The molecule has 1 aliphatic heterocycles. The van der Waals surface area contributed by atoms with Gasteiger partial charge in [0.1, 0.15) is 6.04 Å². The molecule has 0 aromatic heterocycles. The van der Waals surface area contributed by atoms with E-state index in [0.717, 1.165) is 5.69 Å². The molecule has 1 saturated heterocycles. The number of benzene rings is 1. The summed E-state index contributed by atoms with van der Waals surface area (Å²) in [6.07, 6.45) is 0. The van der Waals surface area contributed by atoms with Crippen molar-refractivity contribution < 1.29 is 4.79 Å². The Balaban J connectivity index is 2.35. The van der Waals surface area contributed by atoms with Crippen LogP contribution in [0.25, 0.3) is 0 Å². The highest BCUT2D eigenvalue weighted by Gasteiger charge is 2.33. The zero-order valence-electron chi connectivity index (χ0n) is 9.69. The summed E-state index contributed by atoms with van der Waals surface area (Å²) in [6.45, 7) is 2.98. The Morgan fingerprint density at radius 1 is 1.59 bits per heavy atom. The molecule has 0 spiro atoms. The van der Waals surface area contributed by atoms with Crippen LogP contribution in [0.3, 0.4) is 0 Å². The molecule has 1 amide bonds. The molecule has 0 radical (unpaired) electrons. The maximum atomic E-state index is 11.8. The molecule has 1 aromatic rings. The lowest BCUT2D eigenvalue weighted by Crippen LogP contribution is -2.62. The number of carbonyl (C=O) groups is 1. The zero-order chi connectivity index (χ0) is 12.4. The van der Waals surface area contributed by atoms with Crippen LogP contribution in [-0.2, 0) is 4.79 Å². The largest absolute Gasteiger partial charge is 0.354 e. The summed E-state index contributed by atoms with van der Waals surface area (Å²) in [6, 6.07) is 7.39. The Bertz CT molecular complexity index is 424. The summed E-state index contributed by atoms with van der Waals surface area (Å²) in [4.78, 5) is 13.8. The number of halogens is 1. The molecule has 2 atom stereocenters. The Morgan fingerprint density at radius 2 is 2.35 bits per heavy atom. The number of nitrogens with two attached hydrogens (primary N) is 1. The molecule has 1 fully saturated rings. The van der Waals surface area contributed by atoms with Gasteiger partial charge in [-0.1, -0.05) is 17.7 Å². The second-order valence-corrected chi connectivity index (χ2v) is 4.67. The lowest BCUT2D eigenvalue weighted by Gasteiger charge is -2.41. The number of amides is 1. The maximum absolute atomic E-state index is 11.8. The summed E-state index contributed by atoms with van der Waals surface area (Å²) in [5.41, 5.74) is 6.63. The van der Waals surface area contributed by atoms with Crippen LogP contribution < -0.4 is 16.0 Å². The van der Waals surface area contributed by atoms with Gasteiger partial charge in [-0.25, -0.2) is 0 Å². The van der Waals surface area contributed by atoms with Gasteiger partial charge in [-0.3, -0.25) is 4.79 Å². The summed E-state index contributed by atoms with van der Waals surface area (Å²) in [7, 11) is 0. The number of rotatable bonds is 2. The van der Waals surface area contributed by atoms with Crippen LogP contribution in [0.2, 0.25) is 5.02 Å². The molecule has 0 aliphatic carbocycles. The number of nitrogens with one attached hydrogen (secondary N) is 1. The molecule has 2 rings (SSSR count). The van der Waals surface area contributed by atoms with Crippen LogP contribution in [0.15, 0.2) is 24.3 Å². The van der Waals surface area contributed by atoms with Crippen molar-refractivity contribution in [1.29, 1.82) is 0 Å². The van der Waals surface area contributed by atoms with Gasteiger partial charge < -0.3 is 16.0 Å². The van der Waals surface area contributed by atoms with Gasteiger partial charge in [0, 0.05) is 29.8 Å². The van der Waals surface area contributed by atoms with E-state index in [9.17, 15) is 4.79 Å². The Morgan fingerprint density at radius 3 is 3.00 bits per heavy atom. The number of nitrogens with zero attached hydrogens (tertiary/aromatic N) is 1. The Labute approximate surface area is 106 Å². The fourth-order valence-corrected chi connectivity index (χ4v) is 2.37. The minimum Gasteiger partial charge on any atom is -0.354 e. The van der Waals surface area contributed by atoms with Crippen molar-refractivity contribution in [3.8, 4) is 0 Å². The SMILES string of the molecule is CC1CNC(=O)C(CN)N1c1cccc(Cl)c1. The predicted molar refractivity (Wildman–Crippen MR) is 69.2 cm³/mol. The second-order valence-electron chi connectivity index (χ2n) is 4.23. The smallest absolute Gasteiger partial charge is 0.244 e. The van der Waals surface area contributed by atoms with E-state index in [1.807, 2.05) is 29.2 Å². The number of carbonyl (C=O) groups excluding carboxylic acids is 1. The van der Waals surface area contributed by atoms with Crippen molar-refractivity contribution in [3.05, 3.63) is 29.3 Å². The van der Waals surface area contributed by atoms with E-state index in [2.05, 4.69) is 12.2 Å². The molecule has 17 heavy (non-hydrogen) atoms. The molecule has 3 N–H and O–H groups in total. The quantitative estimate of drug-likeness (QED) is 0.827. The van der Waals surface area contributed by atoms with Crippen LogP contribution in [0.4, 0.5) is 5.69 Å². The van der Waals surface area contributed by atoms with Gasteiger partial charge in [-0.2, -0.15) is 0 Å². The standard InChI is InChI=1S/C12H16ClN3O/c1-8-7-15-12(17)11(6-14)16(8)10-4-2-3-9(13)5-10/h2-5,8,11H,6-7,14H2,1H3,(H,15,17). The van der Waals surface area contributed by atoms with E-state index in [1.165, 1.54) is 0 Å². The molecule has 92 valence electrons. The molecular weight excluding hydrogens is 238 g/mol. The third-order valence-electron chi connectivity index (χ3n) is 3.01. The van der Waals surface area contributed by atoms with Crippen molar-refractivity contribution in [3.63, 3.8) is 0 Å². The first kappa shape index (κ1) is 12.2. The van der Waals surface area contributed by atoms with Crippen molar-refractivity contribution >= 4 is 23.2 Å². The van der Waals surface area contributed by atoms with Gasteiger partial charge in [-0.15, -0.1) is 0 Å². The van der Waals surface area contributed by atoms with E-state index < -0.39 is 0 Å². The highest BCUT2D eigenvalue weighted by Crippen LogP contribution is 2.25. The minimum atomic E-state index is -0.322. The average Bonchev–Trinajstić information content (AvgIpc) is 2.31. The summed E-state index contributed by atoms with van der Waals surface area (Å²) in [5.74, 6) is -0.0226. The number of hydrogen-bond acceptors (Lipinski definition) is 3. The maximum Gasteiger partial charge on any atom is 0.244 e. The van der Waals surface area contributed by atoms with E-state index in [0.29, 0.717) is 18.1 Å². The highest BCUT2D eigenvalue weighted by molar-refractivity contribution is 6.30. The van der Waals surface area contributed by atoms with Crippen molar-refractivity contribution in [2.24, 2.45) is 5.73 Å². The van der Waals surface area contributed by atoms with Gasteiger partial charge in [0.2, 0.25) is 5.91 Å². The molecule has 2 unspecified atom stereocenters. The fraction of sp³-hybridized carbons (Fsp3) is 0.417. The van der Waals surface area contributed by atoms with Crippen LogP contribution in [0.5, 0.6) is 0 Å². The van der Waals surface area contributed by atoms with Gasteiger partial charge >= 0.3 is 0 Å². The first-order valence-electron chi connectivity index (χ1n) is 5.65. The normalized spacial score (nSPS) is 24.6. The predicted octanol–water partition coefficient (Wildman–Crippen LogP) is 0.992. The Hall–Kier alpha value is -1.26. The number of hydrogen-bond donors (Lipinski definition) is 2. The lowest BCUT2D eigenvalue weighted by molar-refractivity contribution is -0.123. The molecule has 1 aromatic carbocycles. The van der Waals surface area contributed by atoms with Gasteiger partial charge in [-0.05, 0) is 25.1 Å². The fourth-order valence-electron chi connectivity index (χ4n) is 2.19. The molecule has 0 saturated carbocycles. The van der Waals surface area contributed by atoms with Gasteiger partial charge in [0.25, 0.3) is 0 Å². The number of anilines is 1. The van der Waals surface area contributed by atoms with Crippen molar-refractivity contribution in [2.75, 3.05) is 18.0 Å². The summed E-state index contributed by atoms with van der Waals surface area (Å²) in [5, 5.41) is 3.52. The van der Waals surface area contributed by atoms with Crippen LogP contribution in [0.1, 0.15) is 6.92 Å². The third-order valence-corrected chi connectivity index (χ3v) is 3.25. The third kappa shape index (κ3) is 2.37. The van der Waals surface area contributed by atoms with Crippen LogP contribution in [0, 0.1) is 0 Å². The van der Waals surface area contributed by atoms with Crippen LogP contribution in [-0.4, -0.2) is 31.1 Å². The monoisotopic (exact) mass is 253 g/mol. The van der Waals surface area contributed by atoms with E-state index in [1.54, 1.807) is 0 Å². The van der Waals surface area contributed by atoms with E-state index >= 15 is 0 Å². The van der Waals surface area contributed by atoms with E-state index in [-0.39, 0.29) is 18.0 Å². The molecule has 1 aliphatic rings. The molecule has 1 heterocycles. The summed E-state index contributed by atoms with van der Waals surface area (Å²) >= 11 is 5.98. The average molecular weight is 254 g/mol. The van der Waals surface area contributed by atoms with Crippen molar-refractivity contribution in [2.45, 2.75) is 19.0 Å². The molecule has 0 bridgehead atoms. The molecule has 5 heteroatoms. The number of piperazine rings is 1. The lowest BCUT2D eigenvalue weighted by atomic mass is 10.1. The van der Waals surface area contributed by atoms with E-state index in [4.69, 9.17) is 17.3 Å². The summed E-state index contributed by atoms with van der Waals surface area (Å²) < 4.78 is 0. The second kappa shape index (κ2) is 4.94. The topological polar surface area (TPSA) is 58.4 Å². The van der Waals surface area contributed by atoms with Gasteiger partial charge in [0.05, 0.1) is 0 Å². The molecule has 4 nitrogen and oxygen atoms in total. The zero-order valence-corrected chi connectivity index (χ0v) is 10.4. The Kier molecular flexibility index (Phi) is 3.54. The minimum absolute atomic E-state index is 0.0226. The first-order chi connectivity index (χ1) is 8.13. The van der Waals surface area contributed by atoms with Crippen LogP contribution >= 0.6 is 11.6 Å². The highest BCUT2D eigenvalue weighted by atomic mass is 35.5. The van der Waals surface area contributed by atoms with Gasteiger partial charge in [0.15, 0.2) is 0 Å². The first-order valence-corrected chi connectivity index (χ1v) is 6.03.